The Bertz CT molecular complexity index is 1400. The number of aromatic nitrogens is 2. The molecule has 2 heterocycles. The summed E-state index contributed by atoms with van der Waals surface area (Å²) in [6.07, 6.45) is 0. The Labute approximate surface area is 209 Å². The van der Waals surface area contributed by atoms with Crippen molar-refractivity contribution < 1.29 is 18.8 Å². The Morgan fingerprint density at radius 2 is 1.69 bits per heavy atom. The van der Waals surface area contributed by atoms with Crippen LogP contribution < -0.4 is 14.8 Å². The maximum Gasteiger partial charge on any atom is 0.322 e. The highest BCUT2D eigenvalue weighted by Gasteiger charge is 2.35. The zero-order valence-corrected chi connectivity index (χ0v) is 20.3. The van der Waals surface area contributed by atoms with Gasteiger partial charge in [0.1, 0.15) is 11.5 Å². The van der Waals surface area contributed by atoms with Crippen LogP contribution >= 0.6 is 0 Å². The lowest BCUT2D eigenvalue weighted by Crippen LogP contribution is -2.45. The van der Waals surface area contributed by atoms with E-state index in [9.17, 15) is 4.79 Å². The number of benzene rings is 3. The Balaban J connectivity index is 1.56. The molecule has 0 fully saturated rings. The Morgan fingerprint density at radius 3 is 2.42 bits per heavy atom. The molecule has 0 saturated carbocycles. The van der Waals surface area contributed by atoms with E-state index in [0.29, 0.717) is 24.0 Å². The molecule has 0 bridgehead atoms. The summed E-state index contributed by atoms with van der Waals surface area (Å²) in [5, 5.41) is 7.35. The molecule has 0 radical (unpaired) electrons. The summed E-state index contributed by atoms with van der Waals surface area (Å²) in [4.78, 5) is 19.7. The van der Waals surface area contributed by atoms with Gasteiger partial charge in [-0.2, -0.15) is 4.98 Å². The first kappa shape index (κ1) is 23.2. The van der Waals surface area contributed by atoms with Gasteiger partial charge in [-0.1, -0.05) is 59.8 Å². The second-order valence-electron chi connectivity index (χ2n) is 8.38. The summed E-state index contributed by atoms with van der Waals surface area (Å²) in [5.74, 6) is 2.25. The highest BCUT2D eigenvalue weighted by Crippen LogP contribution is 2.38. The molecule has 1 N–H and O–H groups in total. The third kappa shape index (κ3) is 4.53. The molecule has 8 heteroatoms. The van der Waals surface area contributed by atoms with Crippen LogP contribution in [0.5, 0.6) is 11.5 Å². The molecule has 182 valence electrons. The van der Waals surface area contributed by atoms with E-state index in [1.807, 2.05) is 85.8 Å². The second kappa shape index (κ2) is 9.95. The molecule has 0 spiro atoms. The lowest BCUT2D eigenvalue weighted by atomic mass is 9.94. The van der Waals surface area contributed by atoms with Crippen LogP contribution in [0.15, 0.2) is 89.1 Å². The predicted octanol–water partition coefficient (Wildman–Crippen LogP) is 5.45. The predicted molar refractivity (Wildman–Crippen MR) is 135 cm³/mol. The first-order valence-electron chi connectivity index (χ1n) is 11.5. The van der Waals surface area contributed by atoms with E-state index < -0.39 is 6.04 Å². The Hall–Kier alpha value is -4.59. The fourth-order valence-corrected chi connectivity index (χ4v) is 4.27. The summed E-state index contributed by atoms with van der Waals surface area (Å²) in [7, 11) is 3.24. The van der Waals surface area contributed by atoms with Gasteiger partial charge >= 0.3 is 6.03 Å². The average Bonchev–Trinajstić information content (AvgIpc) is 3.41. The molecular formula is C28H26N4O4. The van der Waals surface area contributed by atoms with Gasteiger partial charge in [-0.3, -0.25) is 4.90 Å². The third-order valence-corrected chi connectivity index (χ3v) is 6.21. The van der Waals surface area contributed by atoms with Crippen molar-refractivity contribution in [1.29, 1.82) is 0 Å². The number of ether oxygens (including phenoxy) is 2. The molecule has 1 atom stereocenters. The number of rotatable bonds is 7. The van der Waals surface area contributed by atoms with Crippen LogP contribution in [-0.2, 0) is 6.54 Å². The normalized spacial score (nSPS) is 15.6. The quantitative estimate of drug-likeness (QED) is 0.377. The number of nitrogens with one attached hydrogen (secondary N) is 1. The number of allylic oxidation sites excluding steroid dienone is 1. The Morgan fingerprint density at radius 1 is 0.944 bits per heavy atom. The number of carbonyl (C=O) groups excluding carboxylic acids is 1. The number of hydrogen-bond acceptors (Lipinski definition) is 6. The molecule has 36 heavy (non-hydrogen) atoms. The minimum atomic E-state index is -0.440. The van der Waals surface area contributed by atoms with Crippen LogP contribution in [0.25, 0.3) is 17.0 Å². The summed E-state index contributed by atoms with van der Waals surface area (Å²) in [6.45, 7) is 2.28. The van der Waals surface area contributed by atoms with Gasteiger partial charge in [0.2, 0.25) is 5.82 Å². The maximum atomic E-state index is 13.3. The van der Waals surface area contributed by atoms with E-state index in [1.165, 1.54) is 0 Å². The van der Waals surface area contributed by atoms with Crippen LogP contribution in [0, 0.1) is 0 Å². The van der Waals surface area contributed by atoms with Crippen molar-refractivity contribution in [2.45, 2.75) is 19.5 Å². The molecule has 1 aromatic heterocycles. The number of amides is 2. The molecule has 3 aromatic carbocycles. The van der Waals surface area contributed by atoms with Crippen molar-refractivity contribution in [3.05, 3.63) is 102 Å². The van der Waals surface area contributed by atoms with Crippen molar-refractivity contribution in [1.82, 2.24) is 20.4 Å². The first-order chi connectivity index (χ1) is 17.6. The first-order valence-corrected chi connectivity index (χ1v) is 11.5. The molecule has 1 aliphatic heterocycles. The number of carbonyl (C=O) groups is 1. The van der Waals surface area contributed by atoms with E-state index in [-0.39, 0.29) is 6.03 Å². The highest BCUT2D eigenvalue weighted by molar-refractivity contribution is 5.86. The van der Waals surface area contributed by atoms with Gasteiger partial charge in [-0.25, -0.2) is 4.79 Å². The standard InChI is InChI=1S/C28H26N4O4/c1-18-24(27-30-26(31-36-27)21-10-7-11-23(16-21)35-3)25(20-8-5-4-6-9-20)29-28(33)32(18)17-19-12-14-22(34-2)15-13-19/h4-16,25H,17H2,1-3H3,(H,29,33). The van der Waals surface area contributed by atoms with Crippen LogP contribution in [0.3, 0.4) is 0 Å². The van der Waals surface area contributed by atoms with Gasteiger partial charge in [0.25, 0.3) is 5.89 Å². The highest BCUT2D eigenvalue weighted by atomic mass is 16.5. The monoisotopic (exact) mass is 482 g/mol. The maximum absolute atomic E-state index is 13.3. The molecule has 5 rings (SSSR count). The molecule has 4 aromatic rings. The fraction of sp³-hybridized carbons (Fsp3) is 0.179. The minimum absolute atomic E-state index is 0.201. The summed E-state index contributed by atoms with van der Waals surface area (Å²) >= 11 is 0. The number of methoxy groups -OCH3 is 2. The van der Waals surface area contributed by atoms with Crippen LogP contribution in [0.2, 0.25) is 0 Å². The summed E-state index contributed by atoms with van der Waals surface area (Å²) in [5.41, 5.74) is 4.14. The summed E-state index contributed by atoms with van der Waals surface area (Å²) < 4.78 is 16.3. The zero-order chi connectivity index (χ0) is 25.1. The summed E-state index contributed by atoms with van der Waals surface area (Å²) in [6, 6.07) is 24.2. The van der Waals surface area contributed by atoms with Crippen molar-refractivity contribution in [2.75, 3.05) is 14.2 Å². The van der Waals surface area contributed by atoms with Crippen molar-refractivity contribution in [3.63, 3.8) is 0 Å². The van der Waals surface area contributed by atoms with Crippen LogP contribution in [-0.4, -0.2) is 35.3 Å². The third-order valence-electron chi connectivity index (χ3n) is 6.21. The molecule has 1 unspecified atom stereocenters. The van der Waals surface area contributed by atoms with Gasteiger partial charge in [-0.05, 0) is 42.3 Å². The van der Waals surface area contributed by atoms with E-state index in [1.54, 1.807) is 19.1 Å². The smallest absolute Gasteiger partial charge is 0.322 e. The average molecular weight is 483 g/mol. The molecule has 1 aliphatic rings. The lowest BCUT2D eigenvalue weighted by Gasteiger charge is -2.35. The molecular weight excluding hydrogens is 456 g/mol. The van der Waals surface area contributed by atoms with Gasteiger partial charge in [0.05, 0.1) is 32.4 Å². The topological polar surface area (TPSA) is 89.7 Å². The van der Waals surface area contributed by atoms with Gasteiger partial charge in [0, 0.05) is 11.3 Å². The number of hydrogen-bond donors (Lipinski definition) is 1. The van der Waals surface area contributed by atoms with Gasteiger partial charge in [0.15, 0.2) is 0 Å². The van der Waals surface area contributed by atoms with E-state index in [0.717, 1.165) is 33.7 Å². The van der Waals surface area contributed by atoms with Crippen molar-refractivity contribution in [3.8, 4) is 22.9 Å². The molecule has 8 nitrogen and oxygen atoms in total. The van der Waals surface area contributed by atoms with Crippen LogP contribution in [0.1, 0.15) is 30.0 Å². The van der Waals surface area contributed by atoms with E-state index >= 15 is 0 Å². The molecule has 0 aliphatic carbocycles. The van der Waals surface area contributed by atoms with E-state index in [4.69, 9.17) is 19.0 Å². The SMILES string of the molecule is COc1ccc(CN2C(=O)NC(c3ccccc3)C(c3nc(-c4cccc(OC)c4)no3)=C2C)cc1. The second-order valence-corrected chi connectivity index (χ2v) is 8.38. The minimum Gasteiger partial charge on any atom is -0.497 e. The lowest BCUT2D eigenvalue weighted by molar-refractivity contribution is 0.203. The van der Waals surface area contributed by atoms with Gasteiger partial charge < -0.3 is 19.3 Å². The molecule has 0 saturated heterocycles. The number of urea groups is 1. The van der Waals surface area contributed by atoms with Crippen molar-refractivity contribution >= 4 is 11.6 Å². The Kier molecular flexibility index (Phi) is 6.40. The van der Waals surface area contributed by atoms with Crippen LogP contribution in [0.4, 0.5) is 4.79 Å². The largest absolute Gasteiger partial charge is 0.497 e. The fourth-order valence-electron chi connectivity index (χ4n) is 4.27. The molecule has 2 amide bonds. The van der Waals surface area contributed by atoms with Crippen molar-refractivity contribution in [2.24, 2.45) is 0 Å². The van der Waals surface area contributed by atoms with E-state index in [2.05, 4.69) is 10.5 Å². The zero-order valence-electron chi connectivity index (χ0n) is 20.3. The number of nitrogens with zero attached hydrogens (tertiary/aromatic N) is 3. The van der Waals surface area contributed by atoms with Gasteiger partial charge in [-0.15, -0.1) is 0 Å².